The maximum absolute atomic E-state index is 5.88. The van der Waals surface area contributed by atoms with Crippen molar-refractivity contribution >= 4 is 23.2 Å². The van der Waals surface area contributed by atoms with Gasteiger partial charge in [-0.05, 0) is 23.8 Å². The number of rotatable bonds is 2. The van der Waals surface area contributed by atoms with Crippen LogP contribution in [0.25, 0.3) is 0 Å². The van der Waals surface area contributed by atoms with Crippen molar-refractivity contribution in [1.82, 2.24) is 0 Å². The van der Waals surface area contributed by atoms with Gasteiger partial charge in [-0.3, -0.25) is 0 Å². The van der Waals surface area contributed by atoms with Gasteiger partial charge in [0.15, 0.2) is 0 Å². The van der Waals surface area contributed by atoms with Gasteiger partial charge in [-0.2, -0.15) is 0 Å². The summed E-state index contributed by atoms with van der Waals surface area (Å²) in [6.07, 6.45) is 1.62. The van der Waals surface area contributed by atoms with Crippen LogP contribution < -0.4 is 5.73 Å². The van der Waals surface area contributed by atoms with E-state index in [1.54, 1.807) is 24.3 Å². The Morgan fingerprint density at radius 1 is 1.42 bits per heavy atom. The molecule has 1 rings (SSSR count). The van der Waals surface area contributed by atoms with Gasteiger partial charge in [0, 0.05) is 16.1 Å². The minimum atomic E-state index is -0.254. The highest BCUT2D eigenvalue weighted by Crippen LogP contribution is 2.25. The van der Waals surface area contributed by atoms with Crippen LogP contribution in [0.4, 0.5) is 0 Å². The quantitative estimate of drug-likeness (QED) is 0.732. The van der Waals surface area contributed by atoms with Crippen LogP contribution in [0.1, 0.15) is 11.6 Å². The fourth-order valence-electron chi connectivity index (χ4n) is 0.897. The second kappa shape index (κ2) is 3.94. The Labute approximate surface area is 81.8 Å². The molecule has 1 aromatic carbocycles. The van der Waals surface area contributed by atoms with Crippen molar-refractivity contribution in [3.63, 3.8) is 0 Å². The Hall–Kier alpha value is -0.500. The lowest BCUT2D eigenvalue weighted by Gasteiger charge is -2.08. The highest BCUT2D eigenvalue weighted by atomic mass is 35.5. The van der Waals surface area contributed by atoms with Crippen molar-refractivity contribution in [3.05, 3.63) is 46.5 Å². The first kappa shape index (κ1) is 9.59. The third-order valence-corrected chi connectivity index (χ3v) is 2.15. The molecule has 0 aliphatic carbocycles. The molecular formula is C9H9Cl2N. The maximum Gasteiger partial charge on any atom is 0.0493 e. The Kier molecular flexibility index (Phi) is 3.15. The minimum Gasteiger partial charge on any atom is -0.321 e. The van der Waals surface area contributed by atoms with Crippen LogP contribution in [0, 0.1) is 0 Å². The Morgan fingerprint density at radius 3 is 2.67 bits per heavy atom. The zero-order chi connectivity index (χ0) is 9.14. The lowest BCUT2D eigenvalue weighted by atomic mass is 10.1. The molecule has 0 aromatic heterocycles. The van der Waals surface area contributed by atoms with E-state index in [0.29, 0.717) is 10.0 Å². The Bertz CT molecular complexity index is 297. The van der Waals surface area contributed by atoms with Gasteiger partial charge in [-0.15, -0.1) is 6.58 Å². The van der Waals surface area contributed by atoms with Crippen molar-refractivity contribution in [1.29, 1.82) is 0 Å². The van der Waals surface area contributed by atoms with E-state index in [1.807, 2.05) is 0 Å². The number of benzene rings is 1. The Balaban J connectivity index is 3.12. The fourth-order valence-corrected chi connectivity index (χ4v) is 1.32. The summed E-state index contributed by atoms with van der Waals surface area (Å²) in [5.74, 6) is 0. The molecule has 1 atom stereocenters. The van der Waals surface area contributed by atoms with Gasteiger partial charge in [-0.25, -0.2) is 0 Å². The molecule has 2 N–H and O–H groups in total. The van der Waals surface area contributed by atoms with Gasteiger partial charge < -0.3 is 5.73 Å². The van der Waals surface area contributed by atoms with E-state index in [1.165, 1.54) is 0 Å². The van der Waals surface area contributed by atoms with Crippen LogP contribution >= 0.6 is 23.2 Å². The van der Waals surface area contributed by atoms with Crippen LogP contribution in [0.3, 0.4) is 0 Å². The number of nitrogens with two attached hydrogens (primary N) is 1. The fraction of sp³-hybridized carbons (Fsp3) is 0.111. The van der Waals surface area contributed by atoms with Crippen molar-refractivity contribution in [3.8, 4) is 0 Å². The van der Waals surface area contributed by atoms with Crippen LogP contribution in [0.15, 0.2) is 30.9 Å². The second-order valence-corrected chi connectivity index (χ2v) is 3.27. The van der Waals surface area contributed by atoms with Crippen molar-refractivity contribution in [2.75, 3.05) is 0 Å². The summed E-state index contributed by atoms with van der Waals surface area (Å²) in [6, 6.07) is 4.94. The molecule has 0 amide bonds. The number of halogens is 2. The summed E-state index contributed by atoms with van der Waals surface area (Å²) in [6.45, 7) is 3.58. The summed E-state index contributed by atoms with van der Waals surface area (Å²) < 4.78 is 0. The molecule has 12 heavy (non-hydrogen) atoms. The van der Waals surface area contributed by atoms with Gasteiger partial charge in [0.2, 0.25) is 0 Å². The lowest BCUT2D eigenvalue weighted by molar-refractivity contribution is 0.915. The smallest absolute Gasteiger partial charge is 0.0493 e. The van der Waals surface area contributed by atoms with Crippen LogP contribution in [0.5, 0.6) is 0 Å². The van der Waals surface area contributed by atoms with E-state index < -0.39 is 0 Å². The van der Waals surface area contributed by atoms with E-state index in [9.17, 15) is 0 Å². The maximum atomic E-state index is 5.88. The van der Waals surface area contributed by atoms with E-state index >= 15 is 0 Å². The summed E-state index contributed by atoms with van der Waals surface area (Å²) in [5.41, 5.74) is 6.51. The van der Waals surface area contributed by atoms with Gasteiger partial charge in [-0.1, -0.05) is 29.3 Å². The average Bonchev–Trinajstić information content (AvgIpc) is 2.08. The number of hydrogen-bond acceptors (Lipinski definition) is 1. The topological polar surface area (TPSA) is 26.0 Å². The molecule has 0 aliphatic heterocycles. The molecule has 0 bridgehead atoms. The zero-order valence-corrected chi connectivity index (χ0v) is 7.94. The molecular weight excluding hydrogens is 193 g/mol. The van der Waals surface area contributed by atoms with Crippen molar-refractivity contribution < 1.29 is 0 Å². The highest BCUT2D eigenvalue weighted by Gasteiger charge is 2.06. The normalized spacial score (nSPS) is 12.6. The van der Waals surface area contributed by atoms with E-state index in [0.717, 1.165) is 5.56 Å². The molecule has 1 aromatic rings. The summed E-state index contributed by atoms with van der Waals surface area (Å²) in [7, 11) is 0. The van der Waals surface area contributed by atoms with Crippen LogP contribution in [-0.2, 0) is 0 Å². The molecule has 0 aliphatic rings. The third-order valence-electron chi connectivity index (χ3n) is 1.57. The molecule has 0 radical (unpaired) electrons. The first-order chi connectivity index (χ1) is 5.65. The predicted octanol–water partition coefficient (Wildman–Crippen LogP) is 3.18. The summed E-state index contributed by atoms with van der Waals surface area (Å²) >= 11 is 11.7. The molecule has 0 saturated heterocycles. The van der Waals surface area contributed by atoms with Crippen LogP contribution in [0.2, 0.25) is 10.0 Å². The average molecular weight is 202 g/mol. The van der Waals surface area contributed by atoms with E-state index in [-0.39, 0.29) is 6.04 Å². The molecule has 64 valence electrons. The molecule has 0 saturated carbocycles. The van der Waals surface area contributed by atoms with Crippen LogP contribution in [-0.4, -0.2) is 0 Å². The first-order valence-electron chi connectivity index (χ1n) is 3.48. The molecule has 0 fully saturated rings. The van der Waals surface area contributed by atoms with Gasteiger partial charge in [0.1, 0.15) is 0 Å². The second-order valence-electron chi connectivity index (χ2n) is 2.43. The summed E-state index contributed by atoms with van der Waals surface area (Å²) in [4.78, 5) is 0. The molecule has 3 heteroatoms. The van der Waals surface area contributed by atoms with Gasteiger partial charge >= 0.3 is 0 Å². The summed E-state index contributed by atoms with van der Waals surface area (Å²) in [5, 5.41) is 1.25. The van der Waals surface area contributed by atoms with Crippen molar-refractivity contribution in [2.45, 2.75) is 6.04 Å². The molecule has 0 spiro atoms. The zero-order valence-electron chi connectivity index (χ0n) is 6.43. The minimum absolute atomic E-state index is 0.254. The monoisotopic (exact) mass is 201 g/mol. The molecule has 0 unspecified atom stereocenters. The number of hydrogen-bond donors (Lipinski definition) is 1. The molecule has 0 heterocycles. The van der Waals surface area contributed by atoms with Crippen molar-refractivity contribution in [2.24, 2.45) is 5.73 Å². The SMILES string of the molecule is C=C[C@H](N)c1cc(Cl)ccc1Cl. The van der Waals surface area contributed by atoms with E-state index in [4.69, 9.17) is 28.9 Å². The first-order valence-corrected chi connectivity index (χ1v) is 4.24. The predicted molar refractivity (Wildman–Crippen MR) is 53.6 cm³/mol. The van der Waals surface area contributed by atoms with E-state index in [2.05, 4.69) is 6.58 Å². The molecule has 1 nitrogen and oxygen atoms in total. The lowest BCUT2D eigenvalue weighted by Crippen LogP contribution is -2.06. The largest absolute Gasteiger partial charge is 0.321 e. The third kappa shape index (κ3) is 2.01. The van der Waals surface area contributed by atoms with Gasteiger partial charge in [0.25, 0.3) is 0 Å². The Morgan fingerprint density at radius 2 is 2.08 bits per heavy atom. The highest BCUT2D eigenvalue weighted by molar-refractivity contribution is 6.33. The van der Waals surface area contributed by atoms with Gasteiger partial charge in [0.05, 0.1) is 0 Å². The standard InChI is InChI=1S/C9H9Cl2N/c1-2-9(12)7-5-6(10)3-4-8(7)11/h2-5,9H,1,12H2/t9-/m0/s1.